The Morgan fingerprint density at radius 2 is 1.13 bits per heavy atom. The molecule has 5 heteroatoms. The molecular formula is C25H34N4O. The molecule has 2 aliphatic heterocycles. The van der Waals surface area contributed by atoms with Gasteiger partial charge in [0.25, 0.3) is 0 Å². The Morgan fingerprint density at radius 3 is 1.73 bits per heavy atom. The van der Waals surface area contributed by atoms with Crippen LogP contribution in [0.2, 0.25) is 0 Å². The molecule has 0 radical (unpaired) electrons. The van der Waals surface area contributed by atoms with E-state index in [9.17, 15) is 5.11 Å². The van der Waals surface area contributed by atoms with E-state index in [4.69, 9.17) is 0 Å². The number of aliphatic hydroxyl groups excluding tert-OH is 1. The number of para-hydroxylation sites is 2. The van der Waals surface area contributed by atoms with Crippen molar-refractivity contribution in [2.45, 2.75) is 25.5 Å². The third kappa shape index (κ3) is 4.26. The van der Waals surface area contributed by atoms with Crippen molar-refractivity contribution in [1.82, 2.24) is 19.3 Å². The van der Waals surface area contributed by atoms with Crippen LogP contribution in [0.3, 0.4) is 0 Å². The Bertz CT molecular complexity index is 916. The molecule has 30 heavy (non-hydrogen) atoms. The van der Waals surface area contributed by atoms with Crippen LogP contribution < -0.4 is 0 Å². The summed E-state index contributed by atoms with van der Waals surface area (Å²) in [5.74, 6) is 0. The molecule has 2 fully saturated rings. The fraction of sp³-hybridized carbons (Fsp3) is 0.520. The monoisotopic (exact) mass is 406 g/mol. The fourth-order valence-electron chi connectivity index (χ4n) is 5.25. The van der Waals surface area contributed by atoms with E-state index in [-0.39, 0.29) is 6.10 Å². The molecule has 3 aromatic rings. The molecule has 2 aliphatic rings. The Hall–Kier alpha value is -1.92. The van der Waals surface area contributed by atoms with Crippen LogP contribution in [-0.4, -0.2) is 89.4 Å². The molecule has 0 bridgehead atoms. The van der Waals surface area contributed by atoms with E-state index in [0.717, 1.165) is 32.7 Å². The zero-order valence-electron chi connectivity index (χ0n) is 17.9. The van der Waals surface area contributed by atoms with E-state index < -0.39 is 0 Å². The third-order valence-corrected chi connectivity index (χ3v) is 6.94. The van der Waals surface area contributed by atoms with Gasteiger partial charge in [-0.15, -0.1) is 0 Å². The maximum atomic E-state index is 10.9. The summed E-state index contributed by atoms with van der Waals surface area (Å²) < 4.78 is 2.29. The number of likely N-dealkylation sites (tertiary alicyclic amines) is 1. The number of nitrogens with zero attached hydrogens (tertiary/aromatic N) is 4. The average Bonchev–Trinajstić information content (AvgIpc) is 3.41. The molecule has 2 saturated heterocycles. The number of aliphatic hydroxyl groups is 1. The normalized spacial score (nSPS) is 20.4. The van der Waals surface area contributed by atoms with Crippen LogP contribution in [0.1, 0.15) is 12.8 Å². The second kappa shape index (κ2) is 9.06. The Kier molecular flexibility index (Phi) is 6.05. The van der Waals surface area contributed by atoms with Crippen molar-refractivity contribution in [2.75, 3.05) is 58.9 Å². The van der Waals surface area contributed by atoms with Crippen LogP contribution >= 0.6 is 0 Å². The van der Waals surface area contributed by atoms with Crippen LogP contribution in [-0.2, 0) is 6.54 Å². The standard InChI is InChI=1S/C25H34N4O/c30-21(19-28-17-15-27(16-18-28)14-13-26-11-5-6-12-26)20-29-24-9-3-1-7-22(24)23-8-2-4-10-25(23)29/h1-4,7-10,21,30H,5-6,11-20H2. The first-order valence-electron chi connectivity index (χ1n) is 11.6. The molecule has 0 spiro atoms. The van der Waals surface area contributed by atoms with Gasteiger partial charge in [0.2, 0.25) is 0 Å². The topological polar surface area (TPSA) is 34.9 Å². The van der Waals surface area contributed by atoms with Crippen molar-refractivity contribution >= 4 is 21.8 Å². The van der Waals surface area contributed by atoms with Gasteiger partial charge in [0.1, 0.15) is 0 Å². The summed E-state index contributed by atoms with van der Waals surface area (Å²) >= 11 is 0. The lowest BCUT2D eigenvalue weighted by Crippen LogP contribution is -2.50. The van der Waals surface area contributed by atoms with Gasteiger partial charge < -0.3 is 14.6 Å². The summed E-state index contributed by atoms with van der Waals surface area (Å²) in [6.45, 7) is 10.7. The van der Waals surface area contributed by atoms with Gasteiger partial charge >= 0.3 is 0 Å². The first-order valence-corrected chi connectivity index (χ1v) is 11.6. The summed E-state index contributed by atoms with van der Waals surface area (Å²) in [5, 5.41) is 13.5. The van der Waals surface area contributed by atoms with E-state index in [1.165, 1.54) is 60.8 Å². The first-order chi connectivity index (χ1) is 14.8. The Labute approximate surface area is 179 Å². The van der Waals surface area contributed by atoms with Crippen molar-refractivity contribution < 1.29 is 5.11 Å². The van der Waals surface area contributed by atoms with E-state index in [1.54, 1.807) is 0 Å². The molecule has 0 aliphatic carbocycles. The quantitative estimate of drug-likeness (QED) is 0.654. The molecular weight excluding hydrogens is 372 g/mol. The summed E-state index contributed by atoms with van der Waals surface area (Å²) in [6.07, 6.45) is 2.38. The number of aromatic nitrogens is 1. The zero-order valence-corrected chi connectivity index (χ0v) is 17.9. The third-order valence-electron chi connectivity index (χ3n) is 6.94. The average molecular weight is 407 g/mol. The van der Waals surface area contributed by atoms with Crippen LogP contribution in [0.4, 0.5) is 0 Å². The van der Waals surface area contributed by atoms with Crippen LogP contribution in [0, 0.1) is 0 Å². The molecule has 1 atom stereocenters. The van der Waals surface area contributed by atoms with Gasteiger partial charge in [-0.2, -0.15) is 0 Å². The lowest BCUT2D eigenvalue weighted by Gasteiger charge is -2.36. The minimum Gasteiger partial charge on any atom is -0.390 e. The van der Waals surface area contributed by atoms with Gasteiger partial charge in [-0.3, -0.25) is 9.80 Å². The van der Waals surface area contributed by atoms with Crippen LogP contribution in [0.5, 0.6) is 0 Å². The Balaban J connectivity index is 1.17. The van der Waals surface area contributed by atoms with Gasteiger partial charge in [0, 0.05) is 67.6 Å². The summed E-state index contributed by atoms with van der Waals surface area (Å²) in [5.41, 5.74) is 2.42. The van der Waals surface area contributed by atoms with E-state index in [1.807, 2.05) is 0 Å². The van der Waals surface area contributed by atoms with Gasteiger partial charge in [0.05, 0.1) is 12.6 Å². The molecule has 1 unspecified atom stereocenters. The fourth-order valence-corrected chi connectivity index (χ4v) is 5.25. The molecule has 0 amide bonds. The number of benzene rings is 2. The number of β-amino-alcohol motifs (C(OH)–C–C–N with tert-alkyl or cyclic N) is 1. The SMILES string of the molecule is OC(CN1CCN(CCN2CCCC2)CC1)Cn1c2ccccc2c2ccccc21. The van der Waals surface area contributed by atoms with Gasteiger partial charge in [0.15, 0.2) is 0 Å². The zero-order chi connectivity index (χ0) is 20.3. The van der Waals surface area contributed by atoms with Crippen molar-refractivity contribution in [3.05, 3.63) is 48.5 Å². The number of rotatable bonds is 7. The minimum atomic E-state index is -0.361. The van der Waals surface area contributed by atoms with Gasteiger partial charge in [-0.1, -0.05) is 36.4 Å². The molecule has 1 N–H and O–H groups in total. The molecule has 160 valence electrons. The number of hydrogen-bond donors (Lipinski definition) is 1. The highest BCUT2D eigenvalue weighted by atomic mass is 16.3. The maximum Gasteiger partial charge on any atom is 0.0845 e. The molecule has 2 aromatic carbocycles. The van der Waals surface area contributed by atoms with Crippen molar-refractivity contribution in [1.29, 1.82) is 0 Å². The molecule has 5 rings (SSSR count). The largest absolute Gasteiger partial charge is 0.390 e. The smallest absolute Gasteiger partial charge is 0.0845 e. The van der Waals surface area contributed by atoms with E-state index in [2.05, 4.69) is 67.8 Å². The van der Waals surface area contributed by atoms with Crippen LogP contribution in [0.15, 0.2) is 48.5 Å². The highest BCUT2D eigenvalue weighted by Crippen LogP contribution is 2.28. The summed E-state index contributed by atoms with van der Waals surface area (Å²) in [7, 11) is 0. The molecule has 3 heterocycles. The Morgan fingerprint density at radius 1 is 0.633 bits per heavy atom. The maximum absolute atomic E-state index is 10.9. The van der Waals surface area contributed by atoms with Crippen molar-refractivity contribution in [2.24, 2.45) is 0 Å². The second-order valence-electron chi connectivity index (χ2n) is 8.99. The van der Waals surface area contributed by atoms with Gasteiger partial charge in [-0.25, -0.2) is 0 Å². The highest BCUT2D eigenvalue weighted by molar-refractivity contribution is 6.07. The predicted molar refractivity (Wildman–Crippen MR) is 124 cm³/mol. The minimum absolute atomic E-state index is 0.361. The number of piperazine rings is 1. The summed E-state index contributed by atoms with van der Waals surface area (Å²) in [6, 6.07) is 17.1. The molecule has 5 nitrogen and oxygen atoms in total. The van der Waals surface area contributed by atoms with E-state index >= 15 is 0 Å². The van der Waals surface area contributed by atoms with Crippen molar-refractivity contribution in [3.8, 4) is 0 Å². The number of fused-ring (bicyclic) bond motifs is 3. The lowest BCUT2D eigenvalue weighted by atomic mass is 10.2. The molecule has 0 saturated carbocycles. The predicted octanol–water partition coefficient (Wildman–Crippen LogP) is 2.87. The van der Waals surface area contributed by atoms with Gasteiger partial charge in [-0.05, 0) is 38.1 Å². The second-order valence-corrected chi connectivity index (χ2v) is 8.99. The van der Waals surface area contributed by atoms with Crippen molar-refractivity contribution in [3.63, 3.8) is 0 Å². The van der Waals surface area contributed by atoms with Crippen LogP contribution in [0.25, 0.3) is 21.8 Å². The summed E-state index contributed by atoms with van der Waals surface area (Å²) in [4.78, 5) is 7.63. The highest BCUT2D eigenvalue weighted by Gasteiger charge is 2.21. The molecule has 1 aromatic heterocycles. The van der Waals surface area contributed by atoms with E-state index in [0.29, 0.717) is 6.54 Å². The lowest BCUT2D eigenvalue weighted by molar-refractivity contribution is 0.0630. The first kappa shape index (κ1) is 20.0. The number of hydrogen-bond acceptors (Lipinski definition) is 4.